The molecule has 0 amide bonds. The molecule has 0 saturated heterocycles. The van der Waals surface area contributed by atoms with Crippen LogP contribution in [-0.2, 0) is 11.2 Å². The van der Waals surface area contributed by atoms with Gasteiger partial charge in [0.15, 0.2) is 10.9 Å². The normalized spacial score (nSPS) is 14.5. The molecule has 0 saturated carbocycles. The Balaban J connectivity index is 0.000000277. The lowest BCUT2D eigenvalue weighted by Crippen LogP contribution is -2.45. The molecule has 0 aliphatic rings. The van der Waals surface area contributed by atoms with Crippen molar-refractivity contribution < 1.29 is 35.4 Å². The van der Waals surface area contributed by atoms with E-state index in [1.54, 1.807) is 24.3 Å². The Labute approximate surface area is 246 Å². The summed E-state index contributed by atoms with van der Waals surface area (Å²) < 4.78 is 0.199. The van der Waals surface area contributed by atoms with Crippen LogP contribution in [0.3, 0.4) is 0 Å². The van der Waals surface area contributed by atoms with E-state index in [-0.39, 0.29) is 60.0 Å². The number of aliphatic hydroxyl groups is 5. The summed E-state index contributed by atoms with van der Waals surface area (Å²) in [5.74, 6) is -1.22. The highest BCUT2D eigenvalue weighted by atomic mass is 32.1. The Morgan fingerprint density at radius 3 is 1.81 bits per heavy atom. The molecule has 43 heavy (non-hydrogen) atoms. The number of hydrogen-bond donors (Lipinski definition) is 5. The number of carbonyl (C=O) groups excluding carboxylic acids is 1. The molecular weight excluding hydrogens is 580 g/mol. The predicted molar refractivity (Wildman–Crippen MR) is 161 cm³/mol. The van der Waals surface area contributed by atoms with E-state index in [4.69, 9.17) is 15.3 Å². The van der Waals surface area contributed by atoms with E-state index in [9.17, 15) is 39.3 Å². The van der Waals surface area contributed by atoms with Crippen molar-refractivity contribution in [3.8, 4) is 0 Å². The van der Waals surface area contributed by atoms with Crippen molar-refractivity contribution in [1.29, 1.82) is 0 Å². The molecule has 4 atom stereocenters. The Hall–Kier alpha value is -3.91. The standard InChI is InChI=1S/C23H12O6S.C8H18O5/c24-15(25)8-6-10-5-7-13-14(9-10)19(27)17-16-18(26)11-3-1-2-4-12(11)20(28)22(16)30-23(17)21(13)29;1-2-3-5(10)7(12)8(13)6(11)4-9/h1-5,7,9H,6,8H2,(H,24,25);5-13H,2-4H2,1H3/p-1/t;5-,6+,7+,8+/m.0/s1. The summed E-state index contributed by atoms with van der Waals surface area (Å²) in [6.07, 6.45) is -4.46. The van der Waals surface area contributed by atoms with Gasteiger partial charge < -0.3 is 35.4 Å². The molecule has 11 nitrogen and oxygen atoms in total. The van der Waals surface area contributed by atoms with Crippen LogP contribution in [-0.4, -0.2) is 62.5 Å². The number of thiophene rings is 1. The van der Waals surface area contributed by atoms with E-state index in [0.717, 1.165) is 11.3 Å². The second kappa shape index (κ2) is 13.2. The van der Waals surface area contributed by atoms with Crippen LogP contribution in [0.25, 0.3) is 41.7 Å². The number of fused-ring (bicyclic) bond motifs is 5. The van der Waals surface area contributed by atoms with Crippen molar-refractivity contribution >= 4 is 59.0 Å². The van der Waals surface area contributed by atoms with Crippen LogP contribution in [0, 0.1) is 0 Å². The Morgan fingerprint density at radius 2 is 1.28 bits per heavy atom. The van der Waals surface area contributed by atoms with E-state index < -0.39 is 53.3 Å². The third-order valence-corrected chi connectivity index (χ3v) is 8.48. The summed E-state index contributed by atoms with van der Waals surface area (Å²) in [5, 5.41) is 56.5. The molecule has 0 aliphatic heterocycles. The molecule has 0 aliphatic carbocycles. The first-order valence-corrected chi connectivity index (χ1v) is 14.3. The number of aliphatic hydroxyl groups excluding tert-OH is 5. The molecule has 5 rings (SSSR count). The van der Waals surface area contributed by atoms with Crippen LogP contribution in [0.5, 0.6) is 0 Å². The SMILES string of the molecule is CCC[C@H](O)[C@@H](O)[C@H](O)[C@H](O)CO.O=C([O-])CCc1ccc2c(=O)c3sc4c(=O)c5ccccc5c(=O)c4c3c(=O)c2c1. The van der Waals surface area contributed by atoms with Gasteiger partial charge in [0, 0.05) is 27.5 Å². The number of rotatable bonds is 9. The van der Waals surface area contributed by atoms with Crippen molar-refractivity contribution in [3.63, 3.8) is 0 Å². The van der Waals surface area contributed by atoms with Gasteiger partial charge in [-0.25, -0.2) is 0 Å². The maximum absolute atomic E-state index is 13.3. The van der Waals surface area contributed by atoms with Crippen LogP contribution in [0.1, 0.15) is 31.7 Å². The lowest BCUT2D eigenvalue weighted by Gasteiger charge is -2.25. The van der Waals surface area contributed by atoms with Gasteiger partial charge in [0.05, 0.1) is 32.9 Å². The fourth-order valence-electron chi connectivity index (χ4n) is 4.99. The summed E-state index contributed by atoms with van der Waals surface area (Å²) in [6.45, 7) is 1.18. The molecule has 0 bridgehead atoms. The first-order chi connectivity index (χ1) is 20.4. The predicted octanol–water partition coefficient (Wildman–Crippen LogP) is -0.418. The van der Waals surface area contributed by atoms with E-state index in [0.29, 0.717) is 18.4 Å². The molecular formula is C31H29O11S-. The molecule has 12 heteroatoms. The summed E-state index contributed by atoms with van der Waals surface area (Å²) in [7, 11) is 0. The molecule has 0 radical (unpaired) electrons. The minimum Gasteiger partial charge on any atom is -0.550 e. The van der Waals surface area contributed by atoms with Gasteiger partial charge >= 0.3 is 0 Å². The minimum absolute atomic E-state index is 0.0113. The van der Waals surface area contributed by atoms with Crippen molar-refractivity contribution in [2.75, 3.05) is 6.61 Å². The third kappa shape index (κ3) is 6.11. The van der Waals surface area contributed by atoms with Crippen molar-refractivity contribution in [2.45, 2.75) is 57.0 Å². The minimum atomic E-state index is -1.51. The van der Waals surface area contributed by atoms with E-state index in [1.165, 1.54) is 18.2 Å². The molecule has 226 valence electrons. The van der Waals surface area contributed by atoms with Gasteiger partial charge in [-0.05, 0) is 37.0 Å². The van der Waals surface area contributed by atoms with Crippen LogP contribution in [0.15, 0.2) is 61.6 Å². The first kappa shape index (κ1) is 32.0. The largest absolute Gasteiger partial charge is 0.550 e. The first-order valence-electron chi connectivity index (χ1n) is 13.5. The van der Waals surface area contributed by atoms with Gasteiger partial charge in [-0.15, -0.1) is 11.3 Å². The number of carboxylic acids is 1. The zero-order valence-corrected chi connectivity index (χ0v) is 23.8. The summed E-state index contributed by atoms with van der Waals surface area (Å²) in [4.78, 5) is 63.2. The number of carbonyl (C=O) groups is 1. The maximum atomic E-state index is 13.3. The average molecular weight is 610 g/mol. The van der Waals surface area contributed by atoms with Gasteiger partial charge in [-0.2, -0.15) is 0 Å². The fraction of sp³-hybridized carbons (Fsp3) is 0.323. The van der Waals surface area contributed by atoms with Crippen molar-refractivity contribution in [2.24, 2.45) is 0 Å². The number of aryl methyl sites for hydroxylation is 1. The van der Waals surface area contributed by atoms with E-state index in [2.05, 4.69) is 0 Å². The second-order valence-electron chi connectivity index (χ2n) is 10.2. The topological polar surface area (TPSA) is 210 Å². The number of hydrogen-bond acceptors (Lipinski definition) is 12. The summed E-state index contributed by atoms with van der Waals surface area (Å²) in [5.41, 5.74) is -1.18. The van der Waals surface area contributed by atoms with Crippen molar-refractivity contribution in [1.82, 2.24) is 0 Å². The highest BCUT2D eigenvalue weighted by Crippen LogP contribution is 2.29. The molecule has 1 aromatic heterocycles. The average Bonchev–Trinajstić information content (AvgIpc) is 3.42. The summed E-state index contributed by atoms with van der Waals surface area (Å²) >= 11 is 0.880. The van der Waals surface area contributed by atoms with Gasteiger partial charge in [-0.3, -0.25) is 19.2 Å². The highest BCUT2D eigenvalue weighted by molar-refractivity contribution is 7.25. The van der Waals surface area contributed by atoms with Crippen LogP contribution >= 0.6 is 11.3 Å². The lowest BCUT2D eigenvalue weighted by molar-refractivity contribution is -0.305. The van der Waals surface area contributed by atoms with Gasteiger partial charge in [0.1, 0.15) is 18.3 Å². The maximum Gasteiger partial charge on any atom is 0.204 e. The quantitative estimate of drug-likeness (QED) is 0.145. The van der Waals surface area contributed by atoms with E-state index in [1.807, 2.05) is 6.92 Å². The second-order valence-corrected chi connectivity index (χ2v) is 11.2. The number of benzene rings is 4. The van der Waals surface area contributed by atoms with E-state index >= 15 is 0 Å². The van der Waals surface area contributed by atoms with Gasteiger partial charge in [0.25, 0.3) is 0 Å². The zero-order chi connectivity index (χ0) is 31.6. The highest BCUT2D eigenvalue weighted by Gasteiger charge is 2.29. The molecule has 5 aromatic rings. The molecule has 1 heterocycles. The molecule has 0 spiro atoms. The Kier molecular flexibility index (Phi) is 9.80. The number of carboxylic acid groups (broad SMARTS) is 1. The number of aliphatic carboxylic acids is 1. The molecule has 5 N–H and O–H groups in total. The van der Waals surface area contributed by atoms with Gasteiger partial charge in [-0.1, -0.05) is 43.7 Å². The zero-order valence-electron chi connectivity index (χ0n) is 23.0. The van der Waals surface area contributed by atoms with Crippen LogP contribution in [0.2, 0.25) is 0 Å². The lowest BCUT2D eigenvalue weighted by atomic mass is 9.99. The Bertz CT molecular complexity index is 2020. The fourth-order valence-corrected chi connectivity index (χ4v) is 6.19. The third-order valence-electron chi connectivity index (χ3n) is 7.29. The Morgan fingerprint density at radius 1 is 0.767 bits per heavy atom. The van der Waals surface area contributed by atoms with Crippen LogP contribution < -0.4 is 26.8 Å². The summed E-state index contributed by atoms with van der Waals surface area (Å²) in [6, 6.07) is 10.9. The van der Waals surface area contributed by atoms with Gasteiger partial charge in [0.2, 0.25) is 10.9 Å². The van der Waals surface area contributed by atoms with Crippen LogP contribution in [0.4, 0.5) is 0 Å². The smallest absolute Gasteiger partial charge is 0.204 e. The molecule has 0 unspecified atom stereocenters. The monoisotopic (exact) mass is 609 g/mol. The van der Waals surface area contributed by atoms with Crippen molar-refractivity contribution in [3.05, 3.63) is 88.9 Å². The molecule has 0 fully saturated rings. The molecule has 4 aromatic carbocycles.